The van der Waals surface area contributed by atoms with Crippen LogP contribution in [0.3, 0.4) is 0 Å². The molecule has 0 bridgehead atoms. The number of aliphatic hydroxyl groups is 1. The molecule has 1 aromatic carbocycles. The Morgan fingerprint density at radius 1 is 1.21 bits per heavy atom. The molecule has 2 N–H and O–H groups in total. The zero-order valence-corrected chi connectivity index (χ0v) is 14.0. The zero-order chi connectivity index (χ0) is 17.5. The van der Waals surface area contributed by atoms with Crippen molar-refractivity contribution in [3.05, 3.63) is 23.8 Å². The Labute approximate surface area is 141 Å². The molecule has 0 aromatic heterocycles. The monoisotopic (exact) mass is 341 g/mol. The average molecular weight is 341 g/mol. The van der Waals surface area contributed by atoms with Crippen molar-refractivity contribution in [2.45, 2.75) is 32.6 Å². The van der Waals surface area contributed by atoms with E-state index in [1.807, 2.05) is 6.92 Å². The highest BCUT2D eigenvalue weighted by atomic mass is 19.1. The van der Waals surface area contributed by atoms with Crippen LogP contribution in [0.25, 0.3) is 0 Å². The van der Waals surface area contributed by atoms with Crippen LogP contribution in [0, 0.1) is 11.6 Å². The van der Waals surface area contributed by atoms with Gasteiger partial charge in [0.2, 0.25) is 0 Å². The van der Waals surface area contributed by atoms with Gasteiger partial charge in [-0.2, -0.15) is 0 Å². The largest absolute Gasteiger partial charge is 0.395 e. The van der Waals surface area contributed by atoms with E-state index in [0.717, 1.165) is 37.8 Å². The SMILES string of the molecule is CCCN(CCO)C(=O)Nc1cc(F)c(N2CCCCC2)c(F)c1. The second kappa shape index (κ2) is 8.82. The first-order chi connectivity index (χ1) is 11.6. The van der Waals surface area contributed by atoms with Crippen LogP contribution in [-0.4, -0.2) is 48.8 Å². The fraction of sp³-hybridized carbons (Fsp3) is 0.588. The molecule has 5 nitrogen and oxygen atoms in total. The van der Waals surface area contributed by atoms with Crippen molar-refractivity contribution in [2.24, 2.45) is 0 Å². The Bertz CT molecular complexity index is 534. The van der Waals surface area contributed by atoms with Crippen LogP contribution in [0.1, 0.15) is 32.6 Å². The van der Waals surface area contributed by atoms with E-state index in [1.54, 1.807) is 4.90 Å². The Kier molecular flexibility index (Phi) is 6.78. The summed E-state index contributed by atoms with van der Waals surface area (Å²) in [5.41, 5.74) is 0.0586. The lowest BCUT2D eigenvalue weighted by Gasteiger charge is -2.29. The highest BCUT2D eigenvalue weighted by Crippen LogP contribution is 2.29. The van der Waals surface area contributed by atoms with Crippen LogP contribution >= 0.6 is 0 Å². The van der Waals surface area contributed by atoms with Gasteiger partial charge in [0.15, 0.2) is 11.6 Å². The molecule has 1 heterocycles. The second-order valence-corrected chi connectivity index (χ2v) is 5.98. The summed E-state index contributed by atoms with van der Waals surface area (Å²) in [7, 11) is 0. The number of piperidine rings is 1. The predicted molar refractivity (Wildman–Crippen MR) is 90.4 cm³/mol. The molecule has 1 saturated heterocycles. The number of halogens is 2. The Morgan fingerprint density at radius 3 is 2.38 bits per heavy atom. The predicted octanol–water partition coefficient (Wildman–Crippen LogP) is 3.19. The Hall–Kier alpha value is -1.89. The maximum absolute atomic E-state index is 14.4. The molecule has 1 fully saturated rings. The number of nitrogens with zero attached hydrogens (tertiary/aromatic N) is 2. The third-order valence-corrected chi connectivity index (χ3v) is 4.09. The van der Waals surface area contributed by atoms with Crippen molar-refractivity contribution in [2.75, 3.05) is 43.0 Å². The lowest BCUT2D eigenvalue weighted by Crippen LogP contribution is -2.37. The van der Waals surface area contributed by atoms with Crippen LogP contribution in [0.5, 0.6) is 0 Å². The van der Waals surface area contributed by atoms with Crippen molar-refractivity contribution < 1.29 is 18.7 Å². The van der Waals surface area contributed by atoms with Gasteiger partial charge in [-0.3, -0.25) is 0 Å². The number of rotatable bonds is 6. The summed E-state index contributed by atoms with van der Waals surface area (Å²) in [5, 5.41) is 11.5. The molecule has 2 amide bonds. The summed E-state index contributed by atoms with van der Waals surface area (Å²) in [5.74, 6) is -1.34. The van der Waals surface area contributed by atoms with E-state index in [4.69, 9.17) is 5.11 Å². The number of carbonyl (C=O) groups is 1. The normalized spacial score (nSPS) is 14.6. The smallest absolute Gasteiger partial charge is 0.321 e. The maximum Gasteiger partial charge on any atom is 0.321 e. The molecule has 7 heteroatoms. The van der Waals surface area contributed by atoms with Crippen molar-refractivity contribution in [3.63, 3.8) is 0 Å². The summed E-state index contributed by atoms with van der Waals surface area (Å²) < 4.78 is 28.7. The molecule has 0 unspecified atom stereocenters. The molecular formula is C17H25F2N3O2. The lowest BCUT2D eigenvalue weighted by molar-refractivity contribution is 0.188. The fourth-order valence-electron chi connectivity index (χ4n) is 2.97. The van der Waals surface area contributed by atoms with Crippen molar-refractivity contribution in [1.29, 1.82) is 0 Å². The second-order valence-electron chi connectivity index (χ2n) is 5.98. The third-order valence-electron chi connectivity index (χ3n) is 4.09. The van der Waals surface area contributed by atoms with Crippen LogP contribution < -0.4 is 10.2 Å². The highest BCUT2D eigenvalue weighted by molar-refractivity contribution is 5.89. The van der Waals surface area contributed by atoms with E-state index >= 15 is 0 Å². The number of anilines is 2. The molecule has 0 saturated carbocycles. The van der Waals surface area contributed by atoms with Crippen LogP contribution in [-0.2, 0) is 0 Å². The van der Waals surface area contributed by atoms with Crippen molar-refractivity contribution >= 4 is 17.4 Å². The van der Waals surface area contributed by atoms with Gasteiger partial charge in [-0.1, -0.05) is 6.92 Å². The van der Waals surface area contributed by atoms with Gasteiger partial charge < -0.3 is 20.2 Å². The van der Waals surface area contributed by atoms with E-state index in [2.05, 4.69) is 5.32 Å². The first kappa shape index (κ1) is 18.4. The average Bonchev–Trinajstić information content (AvgIpc) is 2.55. The summed E-state index contributed by atoms with van der Waals surface area (Å²) in [6.45, 7) is 3.66. The van der Waals surface area contributed by atoms with Crippen molar-refractivity contribution in [1.82, 2.24) is 4.90 Å². The molecular weight excluding hydrogens is 316 g/mol. The topological polar surface area (TPSA) is 55.8 Å². The van der Waals surface area contributed by atoms with E-state index in [-0.39, 0.29) is 24.5 Å². The minimum Gasteiger partial charge on any atom is -0.395 e. The van der Waals surface area contributed by atoms with Gasteiger partial charge in [-0.15, -0.1) is 0 Å². The van der Waals surface area contributed by atoms with Gasteiger partial charge in [-0.25, -0.2) is 13.6 Å². The Morgan fingerprint density at radius 2 is 1.83 bits per heavy atom. The number of nitrogens with one attached hydrogen (secondary N) is 1. The molecule has 1 aromatic rings. The zero-order valence-electron chi connectivity index (χ0n) is 14.0. The van der Waals surface area contributed by atoms with Gasteiger partial charge in [0, 0.05) is 31.9 Å². The first-order valence-electron chi connectivity index (χ1n) is 8.47. The molecule has 134 valence electrons. The molecule has 1 aliphatic heterocycles. The molecule has 24 heavy (non-hydrogen) atoms. The quantitative estimate of drug-likeness (QED) is 0.835. The molecule has 2 rings (SSSR count). The molecule has 0 radical (unpaired) electrons. The van der Waals surface area contributed by atoms with E-state index < -0.39 is 17.7 Å². The number of amides is 2. The van der Waals surface area contributed by atoms with Gasteiger partial charge in [0.05, 0.1) is 6.61 Å². The van der Waals surface area contributed by atoms with Gasteiger partial charge in [-0.05, 0) is 37.8 Å². The summed E-state index contributed by atoms with van der Waals surface area (Å²) in [4.78, 5) is 15.3. The minimum absolute atomic E-state index is 0.0199. The maximum atomic E-state index is 14.4. The number of urea groups is 1. The van der Waals surface area contributed by atoms with Crippen LogP contribution in [0.2, 0.25) is 0 Å². The summed E-state index contributed by atoms with van der Waals surface area (Å²) in [6.07, 6.45) is 3.64. The van der Waals surface area contributed by atoms with E-state index in [9.17, 15) is 13.6 Å². The fourth-order valence-corrected chi connectivity index (χ4v) is 2.97. The molecule has 0 aliphatic carbocycles. The van der Waals surface area contributed by atoms with E-state index in [1.165, 1.54) is 4.90 Å². The minimum atomic E-state index is -0.670. The Balaban J connectivity index is 2.12. The lowest BCUT2D eigenvalue weighted by atomic mass is 10.1. The number of aliphatic hydroxyl groups excluding tert-OH is 1. The van der Waals surface area contributed by atoms with Crippen molar-refractivity contribution in [3.8, 4) is 0 Å². The molecule has 0 spiro atoms. The standard InChI is InChI=1S/C17H25F2N3O2/c1-2-6-22(9-10-23)17(24)20-13-11-14(18)16(15(19)12-13)21-7-4-3-5-8-21/h11-12,23H,2-10H2,1H3,(H,20,24). The summed E-state index contributed by atoms with van der Waals surface area (Å²) >= 11 is 0. The molecule has 0 atom stereocenters. The highest BCUT2D eigenvalue weighted by Gasteiger charge is 2.21. The number of carbonyl (C=O) groups excluding carboxylic acids is 1. The number of benzene rings is 1. The molecule has 1 aliphatic rings. The van der Waals surface area contributed by atoms with Gasteiger partial charge >= 0.3 is 6.03 Å². The summed E-state index contributed by atoms with van der Waals surface area (Å²) in [6, 6.07) is 1.82. The number of hydrogen-bond donors (Lipinski definition) is 2. The van der Waals surface area contributed by atoms with Crippen LogP contribution in [0.4, 0.5) is 25.0 Å². The van der Waals surface area contributed by atoms with E-state index in [0.29, 0.717) is 19.6 Å². The third kappa shape index (κ3) is 4.56. The first-order valence-corrected chi connectivity index (χ1v) is 8.47. The van der Waals surface area contributed by atoms with Gasteiger partial charge in [0.25, 0.3) is 0 Å². The van der Waals surface area contributed by atoms with Crippen LogP contribution in [0.15, 0.2) is 12.1 Å². The van der Waals surface area contributed by atoms with Gasteiger partial charge in [0.1, 0.15) is 5.69 Å². The number of hydrogen-bond acceptors (Lipinski definition) is 3.